The van der Waals surface area contributed by atoms with Gasteiger partial charge in [0.25, 0.3) is 0 Å². The Bertz CT molecular complexity index is 1320. The minimum absolute atomic E-state index is 0.00252. The van der Waals surface area contributed by atoms with E-state index in [0.29, 0.717) is 22.3 Å². The van der Waals surface area contributed by atoms with E-state index < -0.39 is 0 Å². The highest BCUT2D eigenvalue weighted by atomic mass is 16.5. The third kappa shape index (κ3) is 4.35. The number of ether oxygens (including phenoxy) is 1. The lowest BCUT2D eigenvalue weighted by atomic mass is 9.86. The van der Waals surface area contributed by atoms with Gasteiger partial charge in [0.15, 0.2) is 18.2 Å². The molecule has 4 rings (SSSR count). The summed E-state index contributed by atoms with van der Waals surface area (Å²) in [7, 11) is 0. The van der Waals surface area contributed by atoms with Crippen LogP contribution in [0.5, 0.6) is 5.75 Å². The highest BCUT2D eigenvalue weighted by molar-refractivity contribution is 5.97. The number of benzene rings is 3. The zero-order chi connectivity index (χ0) is 22.9. The quantitative estimate of drug-likeness (QED) is 0.350. The van der Waals surface area contributed by atoms with Crippen LogP contribution in [0.25, 0.3) is 22.3 Å². The van der Waals surface area contributed by atoms with E-state index >= 15 is 0 Å². The lowest BCUT2D eigenvalue weighted by Crippen LogP contribution is -2.17. The molecule has 0 saturated heterocycles. The molecule has 32 heavy (non-hydrogen) atoms. The molecule has 0 saturated carbocycles. The van der Waals surface area contributed by atoms with Gasteiger partial charge in [0, 0.05) is 11.1 Å². The van der Waals surface area contributed by atoms with Gasteiger partial charge in [-0.05, 0) is 30.0 Å². The molecule has 0 N–H and O–H groups in total. The monoisotopic (exact) mass is 426 g/mol. The summed E-state index contributed by atoms with van der Waals surface area (Å²) in [4.78, 5) is 25.9. The van der Waals surface area contributed by atoms with E-state index in [0.717, 1.165) is 11.1 Å². The fourth-order valence-electron chi connectivity index (χ4n) is 3.53. The van der Waals surface area contributed by atoms with Crippen LogP contribution < -0.4 is 10.2 Å². The number of rotatable bonds is 5. The Kier molecular flexibility index (Phi) is 5.70. The van der Waals surface area contributed by atoms with Crippen molar-refractivity contribution in [3.05, 3.63) is 99.7 Å². The molecule has 1 heterocycles. The van der Waals surface area contributed by atoms with Gasteiger partial charge in [-0.25, -0.2) is 0 Å². The first-order chi connectivity index (χ1) is 15.2. The van der Waals surface area contributed by atoms with Gasteiger partial charge in [0.1, 0.15) is 5.58 Å². The summed E-state index contributed by atoms with van der Waals surface area (Å²) in [6.45, 7) is 8.14. The van der Waals surface area contributed by atoms with Crippen LogP contribution in [0.2, 0.25) is 0 Å². The number of carbonyl (C=O) groups is 1. The van der Waals surface area contributed by atoms with Gasteiger partial charge in [-0.15, -0.1) is 0 Å². The number of carbonyl (C=O) groups excluding carboxylic acids is 1. The minimum atomic E-state index is -0.293. The van der Waals surface area contributed by atoms with Crippen LogP contribution in [0.3, 0.4) is 0 Å². The van der Waals surface area contributed by atoms with Crippen LogP contribution in [-0.4, -0.2) is 12.4 Å². The van der Waals surface area contributed by atoms with Crippen molar-refractivity contribution in [2.24, 2.45) is 0 Å². The maximum atomic E-state index is 13.2. The number of para-hydroxylation sites is 1. The summed E-state index contributed by atoms with van der Waals surface area (Å²) in [5.41, 5.74) is 3.68. The fourth-order valence-corrected chi connectivity index (χ4v) is 3.53. The SMILES string of the molecule is Cc1ccc(C(=O)COc2c(-c3ccc(C(C)(C)C)cc3)oc3ccccc3c2=O)cc1. The van der Waals surface area contributed by atoms with Gasteiger partial charge in [0.2, 0.25) is 11.2 Å². The first-order valence-electron chi connectivity index (χ1n) is 10.6. The highest BCUT2D eigenvalue weighted by Crippen LogP contribution is 2.32. The van der Waals surface area contributed by atoms with Crippen molar-refractivity contribution in [2.45, 2.75) is 33.1 Å². The molecule has 0 aliphatic carbocycles. The van der Waals surface area contributed by atoms with Crippen molar-refractivity contribution in [3.8, 4) is 17.1 Å². The molecule has 0 unspecified atom stereocenters. The minimum Gasteiger partial charge on any atom is -0.478 e. The molecule has 1 aromatic heterocycles. The Morgan fingerprint density at radius 2 is 1.56 bits per heavy atom. The Morgan fingerprint density at radius 3 is 2.22 bits per heavy atom. The van der Waals surface area contributed by atoms with Crippen molar-refractivity contribution in [3.63, 3.8) is 0 Å². The van der Waals surface area contributed by atoms with Gasteiger partial charge in [-0.1, -0.05) is 87.0 Å². The second-order valence-electron chi connectivity index (χ2n) is 8.99. The molecule has 0 aliphatic heterocycles. The number of ketones is 1. The summed E-state index contributed by atoms with van der Waals surface area (Å²) in [6.07, 6.45) is 0. The third-order valence-electron chi connectivity index (χ3n) is 5.49. The van der Waals surface area contributed by atoms with E-state index in [1.54, 1.807) is 30.3 Å². The fraction of sp³-hybridized carbons (Fsp3) is 0.214. The maximum absolute atomic E-state index is 13.2. The first-order valence-corrected chi connectivity index (χ1v) is 10.6. The predicted molar refractivity (Wildman–Crippen MR) is 128 cm³/mol. The molecular weight excluding hydrogens is 400 g/mol. The average molecular weight is 427 g/mol. The van der Waals surface area contributed by atoms with Crippen molar-refractivity contribution >= 4 is 16.8 Å². The Labute approximate surface area is 187 Å². The second-order valence-corrected chi connectivity index (χ2v) is 8.99. The molecular formula is C28H26O4. The second kappa shape index (κ2) is 8.46. The largest absolute Gasteiger partial charge is 0.478 e. The van der Waals surface area contributed by atoms with Crippen molar-refractivity contribution in [1.82, 2.24) is 0 Å². The predicted octanol–water partition coefficient (Wildman–Crippen LogP) is 6.33. The molecule has 0 atom stereocenters. The van der Waals surface area contributed by atoms with Crippen LogP contribution in [0.4, 0.5) is 0 Å². The molecule has 0 bridgehead atoms. The summed E-state index contributed by atoms with van der Waals surface area (Å²) in [6, 6.07) is 22.2. The van der Waals surface area contributed by atoms with Crippen LogP contribution in [0.1, 0.15) is 42.3 Å². The molecule has 4 nitrogen and oxygen atoms in total. The molecule has 3 aromatic carbocycles. The maximum Gasteiger partial charge on any atom is 0.235 e. The standard InChI is InChI=1S/C28H26O4/c1-18-9-11-19(12-10-18)23(29)17-31-27-25(30)22-7-5-6-8-24(22)32-26(27)20-13-15-21(16-14-20)28(2,3)4/h5-16H,17H2,1-4H3. The van der Waals surface area contributed by atoms with E-state index in [1.165, 1.54) is 5.56 Å². The molecule has 162 valence electrons. The molecule has 4 heteroatoms. The third-order valence-corrected chi connectivity index (χ3v) is 5.49. The van der Waals surface area contributed by atoms with Gasteiger partial charge >= 0.3 is 0 Å². The summed E-state index contributed by atoms with van der Waals surface area (Å²) < 4.78 is 11.9. The van der Waals surface area contributed by atoms with E-state index in [9.17, 15) is 9.59 Å². The summed E-state index contributed by atoms with van der Waals surface area (Å²) in [5.74, 6) is 0.171. The lowest BCUT2D eigenvalue weighted by Gasteiger charge is -2.19. The van der Waals surface area contributed by atoms with Crippen molar-refractivity contribution in [1.29, 1.82) is 0 Å². The van der Waals surface area contributed by atoms with Crippen LogP contribution in [0, 0.1) is 6.92 Å². The van der Waals surface area contributed by atoms with E-state index in [2.05, 4.69) is 20.8 Å². The van der Waals surface area contributed by atoms with Crippen LogP contribution in [-0.2, 0) is 5.41 Å². The molecule has 0 aliphatic rings. The Balaban J connectivity index is 1.75. The molecule has 0 spiro atoms. The number of aryl methyl sites for hydroxylation is 1. The van der Waals surface area contributed by atoms with E-state index in [1.807, 2.05) is 49.4 Å². The zero-order valence-corrected chi connectivity index (χ0v) is 18.8. The summed E-state index contributed by atoms with van der Waals surface area (Å²) >= 11 is 0. The first kappa shape index (κ1) is 21.6. The highest BCUT2D eigenvalue weighted by Gasteiger charge is 2.20. The Morgan fingerprint density at radius 1 is 0.906 bits per heavy atom. The van der Waals surface area contributed by atoms with E-state index in [4.69, 9.17) is 9.15 Å². The van der Waals surface area contributed by atoms with Gasteiger partial charge in [-0.2, -0.15) is 0 Å². The van der Waals surface area contributed by atoms with Crippen LogP contribution in [0.15, 0.2) is 82.0 Å². The van der Waals surface area contributed by atoms with Gasteiger partial charge < -0.3 is 9.15 Å². The molecule has 4 aromatic rings. The number of Topliss-reactive ketones (excluding diaryl/α,β-unsaturated/α-hetero) is 1. The van der Waals surface area contributed by atoms with Gasteiger partial charge in [0.05, 0.1) is 5.39 Å². The number of hydrogen-bond donors (Lipinski definition) is 0. The number of fused-ring (bicyclic) bond motifs is 1. The smallest absolute Gasteiger partial charge is 0.235 e. The van der Waals surface area contributed by atoms with Gasteiger partial charge in [-0.3, -0.25) is 9.59 Å². The molecule has 0 amide bonds. The topological polar surface area (TPSA) is 56.5 Å². The molecule has 0 radical (unpaired) electrons. The van der Waals surface area contributed by atoms with Crippen molar-refractivity contribution in [2.75, 3.05) is 6.61 Å². The lowest BCUT2D eigenvalue weighted by molar-refractivity contribution is 0.0920. The van der Waals surface area contributed by atoms with E-state index in [-0.39, 0.29) is 29.0 Å². The normalized spacial score (nSPS) is 11.5. The average Bonchev–Trinajstić information content (AvgIpc) is 2.78. The van der Waals surface area contributed by atoms with Crippen LogP contribution >= 0.6 is 0 Å². The Hall–Kier alpha value is -3.66. The van der Waals surface area contributed by atoms with Crippen molar-refractivity contribution < 1.29 is 13.9 Å². The molecule has 0 fully saturated rings. The zero-order valence-electron chi connectivity index (χ0n) is 18.8. The number of hydrogen-bond acceptors (Lipinski definition) is 4. The summed E-state index contributed by atoms with van der Waals surface area (Å²) in [5, 5.41) is 0.417.